The maximum atomic E-state index is 12.7. The van der Waals surface area contributed by atoms with E-state index in [1.165, 1.54) is 103 Å². The Morgan fingerprint density at radius 2 is 0.574 bits per heavy atom. The van der Waals surface area contributed by atoms with Crippen LogP contribution in [0.25, 0.3) is 0 Å². The molecule has 6 heteroatoms. The van der Waals surface area contributed by atoms with Crippen molar-refractivity contribution < 1.29 is 28.6 Å². The molecule has 0 fully saturated rings. The minimum atomic E-state index is -0.770. The monoisotopic (exact) mass is 945 g/mol. The van der Waals surface area contributed by atoms with Crippen LogP contribution in [0.1, 0.15) is 258 Å². The summed E-state index contributed by atoms with van der Waals surface area (Å²) in [7, 11) is 0. The van der Waals surface area contributed by atoms with E-state index >= 15 is 0 Å². The van der Waals surface area contributed by atoms with E-state index in [0.717, 1.165) is 116 Å². The molecule has 0 rings (SSSR count). The molecule has 388 valence electrons. The second-order valence-corrected chi connectivity index (χ2v) is 18.5. The summed E-state index contributed by atoms with van der Waals surface area (Å²) in [6.07, 6.45) is 74.6. The van der Waals surface area contributed by atoms with Crippen LogP contribution in [0.15, 0.2) is 97.2 Å². The Labute approximate surface area is 419 Å². The van der Waals surface area contributed by atoms with E-state index in [2.05, 4.69) is 118 Å². The highest BCUT2D eigenvalue weighted by atomic mass is 16.6. The number of ether oxygens (including phenoxy) is 3. The molecule has 0 amide bonds. The van der Waals surface area contributed by atoms with Gasteiger partial charge in [0.25, 0.3) is 0 Å². The number of carbonyl (C=O) groups excluding carboxylic acids is 3. The molecule has 0 spiro atoms. The first-order valence-corrected chi connectivity index (χ1v) is 28.2. The van der Waals surface area contributed by atoms with Crippen LogP contribution in [-0.4, -0.2) is 37.2 Å². The van der Waals surface area contributed by atoms with Crippen molar-refractivity contribution in [3.05, 3.63) is 97.2 Å². The zero-order valence-electron chi connectivity index (χ0n) is 44.3. The molecule has 6 nitrogen and oxygen atoms in total. The quantitative estimate of drug-likeness (QED) is 0.0262. The van der Waals surface area contributed by atoms with Gasteiger partial charge in [-0.15, -0.1) is 0 Å². The molecule has 0 aliphatic heterocycles. The molecule has 0 heterocycles. The van der Waals surface area contributed by atoms with Crippen LogP contribution in [0.4, 0.5) is 0 Å². The lowest BCUT2D eigenvalue weighted by Gasteiger charge is -2.18. The van der Waals surface area contributed by atoms with E-state index in [0.29, 0.717) is 19.3 Å². The van der Waals surface area contributed by atoms with Crippen molar-refractivity contribution in [1.29, 1.82) is 0 Å². The summed E-state index contributed by atoms with van der Waals surface area (Å²) in [6.45, 7) is 6.42. The molecule has 68 heavy (non-hydrogen) atoms. The average Bonchev–Trinajstić information content (AvgIpc) is 3.34. The Morgan fingerprint density at radius 1 is 0.309 bits per heavy atom. The molecule has 1 atom stereocenters. The molecule has 0 saturated heterocycles. The second kappa shape index (κ2) is 55.9. The van der Waals surface area contributed by atoms with Crippen molar-refractivity contribution in [3.8, 4) is 0 Å². The lowest BCUT2D eigenvalue weighted by molar-refractivity contribution is -0.167. The first-order valence-electron chi connectivity index (χ1n) is 28.2. The van der Waals surface area contributed by atoms with E-state index in [-0.39, 0.29) is 31.1 Å². The Kier molecular flexibility index (Phi) is 52.9. The maximum absolute atomic E-state index is 12.7. The fraction of sp³-hybridized carbons (Fsp3) is 0.694. The first-order chi connectivity index (χ1) is 33.5. The zero-order valence-corrected chi connectivity index (χ0v) is 44.3. The lowest BCUT2D eigenvalue weighted by atomic mass is 10.1. The predicted octanol–water partition coefficient (Wildman–Crippen LogP) is 18.9. The first kappa shape index (κ1) is 64.3. The third kappa shape index (κ3) is 53.3. The molecule has 0 bridgehead atoms. The topological polar surface area (TPSA) is 78.9 Å². The largest absolute Gasteiger partial charge is 0.462 e. The van der Waals surface area contributed by atoms with Gasteiger partial charge in [-0.05, 0) is 83.5 Å². The van der Waals surface area contributed by atoms with Crippen LogP contribution in [-0.2, 0) is 28.6 Å². The predicted molar refractivity (Wildman–Crippen MR) is 293 cm³/mol. The maximum Gasteiger partial charge on any atom is 0.306 e. The fourth-order valence-electron chi connectivity index (χ4n) is 7.63. The zero-order chi connectivity index (χ0) is 49.3. The van der Waals surface area contributed by atoms with Crippen LogP contribution >= 0.6 is 0 Å². The minimum absolute atomic E-state index is 0.0764. The number of esters is 3. The molecule has 0 aromatic rings. The Balaban J connectivity index is 3.96. The summed E-state index contributed by atoms with van der Waals surface area (Å²) in [5.41, 5.74) is 0. The smallest absolute Gasteiger partial charge is 0.306 e. The minimum Gasteiger partial charge on any atom is -0.462 e. The molecule has 0 aliphatic carbocycles. The van der Waals surface area contributed by atoms with Gasteiger partial charge in [0, 0.05) is 19.3 Å². The third-order valence-corrected chi connectivity index (χ3v) is 11.9. The third-order valence-electron chi connectivity index (χ3n) is 11.9. The highest BCUT2D eigenvalue weighted by Crippen LogP contribution is 2.15. The van der Waals surface area contributed by atoms with Crippen LogP contribution in [0.5, 0.6) is 0 Å². The van der Waals surface area contributed by atoms with Crippen molar-refractivity contribution >= 4 is 17.9 Å². The van der Waals surface area contributed by atoms with Gasteiger partial charge in [0.1, 0.15) is 13.2 Å². The number of unbranched alkanes of at least 4 members (excludes halogenated alkanes) is 23. The van der Waals surface area contributed by atoms with Crippen molar-refractivity contribution in [1.82, 2.24) is 0 Å². The van der Waals surface area contributed by atoms with Crippen molar-refractivity contribution in [2.75, 3.05) is 13.2 Å². The molecule has 0 radical (unpaired) electrons. The van der Waals surface area contributed by atoms with Gasteiger partial charge in [0.2, 0.25) is 0 Å². The van der Waals surface area contributed by atoms with Gasteiger partial charge < -0.3 is 14.2 Å². The van der Waals surface area contributed by atoms with Gasteiger partial charge in [-0.25, -0.2) is 0 Å². The Bertz CT molecular complexity index is 1360. The van der Waals surface area contributed by atoms with Gasteiger partial charge in [0.15, 0.2) is 6.10 Å². The van der Waals surface area contributed by atoms with Gasteiger partial charge >= 0.3 is 17.9 Å². The lowest BCUT2D eigenvalue weighted by Crippen LogP contribution is -2.30. The number of hydrogen-bond donors (Lipinski definition) is 0. The van der Waals surface area contributed by atoms with Crippen molar-refractivity contribution in [3.63, 3.8) is 0 Å². The van der Waals surface area contributed by atoms with Crippen LogP contribution in [0.2, 0.25) is 0 Å². The SMILES string of the molecule is CC/C=C\C/C=C\C/C=C\C/C=C\C/C=C\C/C=C\C/C=C\C/C=C\CCCCCCCCCCCCC(=O)OCC(COC(=O)CCCCCCC)OC(=O)CCCCCCCCCCCC. The van der Waals surface area contributed by atoms with Crippen molar-refractivity contribution in [2.45, 2.75) is 264 Å². The van der Waals surface area contributed by atoms with E-state index in [1.807, 2.05) is 0 Å². The summed E-state index contributed by atoms with van der Waals surface area (Å²) >= 11 is 0. The fourth-order valence-corrected chi connectivity index (χ4v) is 7.63. The van der Waals surface area contributed by atoms with Crippen LogP contribution in [0, 0.1) is 0 Å². The second-order valence-electron chi connectivity index (χ2n) is 18.5. The highest BCUT2D eigenvalue weighted by molar-refractivity contribution is 5.71. The van der Waals surface area contributed by atoms with E-state index in [1.54, 1.807) is 0 Å². The van der Waals surface area contributed by atoms with Gasteiger partial charge in [-0.2, -0.15) is 0 Å². The Morgan fingerprint density at radius 3 is 0.897 bits per heavy atom. The highest BCUT2D eigenvalue weighted by Gasteiger charge is 2.19. The van der Waals surface area contributed by atoms with E-state index in [9.17, 15) is 14.4 Å². The standard InChI is InChI=1S/C62H104O6/c1-4-7-10-13-15-17-19-20-21-22-23-24-25-26-27-28-29-30-31-32-33-34-35-36-37-38-39-40-41-42-43-45-46-49-52-55-61(64)67-58-59(57-66-60(63)54-51-48-12-9-6-3)68-62(65)56-53-50-47-44-18-16-14-11-8-5-2/h7,10,15,17,20-21,23-24,26-27,29-30,32-33,35-36,59H,4-6,8-9,11-14,16,18-19,22,25,28,31,34,37-58H2,1-3H3/b10-7-,17-15-,21-20-,24-23-,27-26-,30-29-,33-32-,36-35-. The molecular weight excluding hydrogens is 841 g/mol. The number of rotatable bonds is 50. The number of hydrogen-bond acceptors (Lipinski definition) is 6. The van der Waals surface area contributed by atoms with Crippen LogP contribution in [0.3, 0.4) is 0 Å². The molecule has 0 saturated carbocycles. The van der Waals surface area contributed by atoms with Crippen molar-refractivity contribution in [2.24, 2.45) is 0 Å². The summed E-state index contributed by atoms with van der Waals surface area (Å²) in [5, 5.41) is 0. The molecule has 0 N–H and O–H groups in total. The molecule has 0 aliphatic rings. The average molecular weight is 946 g/mol. The summed E-state index contributed by atoms with van der Waals surface area (Å²) in [4.78, 5) is 37.6. The molecular formula is C62H104O6. The normalized spacial score (nSPS) is 12.8. The number of allylic oxidation sites excluding steroid dienone is 16. The summed E-state index contributed by atoms with van der Waals surface area (Å²) in [6, 6.07) is 0. The number of carbonyl (C=O) groups is 3. The van der Waals surface area contributed by atoms with Gasteiger partial charge in [-0.1, -0.05) is 253 Å². The van der Waals surface area contributed by atoms with Crippen LogP contribution < -0.4 is 0 Å². The van der Waals surface area contributed by atoms with Gasteiger partial charge in [0.05, 0.1) is 0 Å². The van der Waals surface area contributed by atoms with Gasteiger partial charge in [-0.3, -0.25) is 14.4 Å². The molecule has 1 unspecified atom stereocenters. The van der Waals surface area contributed by atoms with E-state index < -0.39 is 6.10 Å². The molecule has 0 aromatic carbocycles. The Hall–Kier alpha value is -3.67. The molecule has 0 aromatic heterocycles. The summed E-state index contributed by atoms with van der Waals surface area (Å²) in [5.74, 6) is -0.896. The van der Waals surface area contributed by atoms with E-state index in [4.69, 9.17) is 14.2 Å². The summed E-state index contributed by atoms with van der Waals surface area (Å²) < 4.78 is 16.6.